The van der Waals surface area contributed by atoms with E-state index in [2.05, 4.69) is 46.3 Å². The maximum atomic E-state index is 12.6. The van der Waals surface area contributed by atoms with Gasteiger partial charge in [-0.05, 0) is 66.6 Å². The molecular formula is C23H23N3O2. The minimum atomic E-state index is -0.395. The van der Waals surface area contributed by atoms with Gasteiger partial charge < -0.3 is 16.0 Å². The molecule has 0 radical (unpaired) electrons. The highest BCUT2D eigenvalue weighted by molar-refractivity contribution is 6.02. The van der Waals surface area contributed by atoms with Gasteiger partial charge in [0, 0.05) is 29.4 Å². The minimum Gasteiger partial charge on any atom is -0.373 e. The molecule has 0 bridgehead atoms. The third-order valence-electron chi connectivity index (χ3n) is 5.11. The van der Waals surface area contributed by atoms with Gasteiger partial charge in [0.2, 0.25) is 11.8 Å². The van der Waals surface area contributed by atoms with Crippen molar-refractivity contribution >= 4 is 39.6 Å². The van der Waals surface area contributed by atoms with Crippen molar-refractivity contribution in [2.75, 3.05) is 16.0 Å². The molecule has 1 atom stereocenters. The first-order valence-corrected chi connectivity index (χ1v) is 9.50. The molecule has 2 amide bonds. The second-order valence-electron chi connectivity index (χ2n) is 7.23. The second kappa shape index (κ2) is 7.35. The van der Waals surface area contributed by atoms with Crippen LogP contribution in [0, 0.1) is 0 Å². The molecule has 0 saturated heterocycles. The lowest BCUT2D eigenvalue weighted by molar-refractivity contribution is -0.116. The van der Waals surface area contributed by atoms with E-state index in [-0.39, 0.29) is 11.8 Å². The average Bonchev–Trinajstić information content (AvgIpc) is 3.10. The van der Waals surface area contributed by atoms with Gasteiger partial charge in [0.15, 0.2) is 0 Å². The summed E-state index contributed by atoms with van der Waals surface area (Å²) in [6.07, 6.45) is 2.17. The van der Waals surface area contributed by atoms with Crippen molar-refractivity contribution < 1.29 is 9.59 Å². The van der Waals surface area contributed by atoms with Crippen LogP contribution < -0.4 is 16.0 Å². The fourth-order valence-corrected chi connectivity index (χ4v) is 3.76. The molecule has 0 aliphatic heterocycles. The Morgan fingerprint density at radius 1 is 0.857 bits per heavy atom. The highest BCUT2D eigenvalue weighted by atomic mass is 16.2. The van der Waals surface area contributed by atoms with Crippen LogP contribution in [0.15, 0.2) is 54.6 Å². The predicted molar refractivity (Wildman–Crippen MR) is 114 cm³/mol. The zero-order valence-corrected chi connectivity index (χ0v) is 16.0. The molecule has 0 spiro atoms. The van der Waals surface area contributed by atoms with Crippen LogP contribution in [-0.4, -0.2) is 17.9 Å². The smallest absolute Gasteiger partial charge is 0.246 e. The van der Waals surface area contributed by atoms with Crippen molar-refractivity contribution in [3.8, 4) is 0 Å². The Labute approximate surface area is 164 Å². The van der Waals surface area contributed by atoms with Gasteiger partial charge in [-0.1, -0.05) is 24.3 Å². The zero-order valence-electron chi connectivity index (χ0n) is 16.0. The van der Waals surface area contributed by atoms with Crippen LogP contribution >= 0.6 is 0 Å². The molecule has 28 heavy (non-hydrogen) atoms. The quantitative estimate of drug-likeness (QED) is 0.623. The molecule has 3 aromatic rings. The number of carbonyl (C=O) groups excluding carboxylic acids is 2. The van der Waals surface area contributed by atoms with Gasteiger partial charge in [-0.15, -0.1) is 0 Å². The summed E-state index contributed by atoms with van der Waals surface area (Å²) in [5.74, 6) is -0.240. The van der Waals surface area contributed by atoms with Crippen molar-refractivity contribution in [3.05, 3.63) is 65.7 Å². The monoisotopic (exact) mass is 373 g/mol. The van der Waals surface area contributed by atoms with Crippen LogP contribution in [0.3, 0.4) is 0 Å². The highest BCUT2D eigenvalue weighted by Gasteiger charge is 2.18. The Hall–Kier alpha value is -3.34. The lowest BCUT2D eigenvalue weighted by Gasteiger charge is -2.18. The number of rotatable bonds is 5. The summed E-state index contributed by atoms with van der Waals surface area (Å²) in [7, 11) is 0. The average molecular weight is 373 g/mol. The largest absolute Gasteiger partial charge is 0.373 e. The number of carbonyl (C=O) groups is 2. The van der Waals surface area contributed by atoms with E-state index < -0.39 is 6.04 Å². The lowest BCUT2D eigenvalue weighted by atomic mass is 10.0. The summed E-state index contributed by atoms with van der Waals surface area (Å²) >= 11 is 0. The number of aryl methyl sites for hydroxylation is 2. The maximum Gasteiger partial charge on any atom is 0.246 e. The van der Waals surface area contributed by atoms with Gasteiger partial charge in [-0.25, -0.2) is 0 Å². The van der Waals surface area contributed by atoms with Crippen molar-refractivity contribution in [2.45, 2.75) is 32.7 Å². The first kappa shape index (κ1) is 18.0. The molecule has 1 unspecified atom stereocenters. The van der Waals surface area contributed by atoms with E-state index in [4.69, 9.17) is 0 Å². The Bertz CT molecular complexity index is 1050. The van der Waals surface area contributed by atoms with Crippen LogP contribution in [0.2, 0.25) is 0 Å². The maximum absolute atomic E-state index is 12.6. The molecule has 1 aliphatic rings. The van der Waals surface area contributed by atoms with Crippen LogP contribution in [0.5, 0.6) is 0 Å². The Morgan fingerprint density at radius 3 is 2.18 bits per heavy atom. The normalized spacial score (nSPS) is 13.2. The molecular weight excluding hydrogens is 350 g/mol. The molecule has 0 heterocycles. The summed E-state index contributed by atoms with van der Waals surface area (Å²) in [4.78, 5) is 23.7. The first-order chi connectivity index (χ1) is 13.5. The van der Waals surface area contributed by atoms with E-state index in [0.29, 0.717) is 11.4 Å². The summed E-state index contributed by atoms with van der Waals surface area (Å²) in [6, 6.07) is 17.3. The number of nitrogens with one attached hydrogen (secondary N) is 3. The van der Waals surface area contributed by atoms with Crippen molar-refractivity contribution in [2.24, 2.45) is 0 Å². The van der Waals surface area contributed by atoms with E-state index in [0.717, 1.165) is 18.5 Å². The van der Waals surface area contributed by atoms with E-state index in [1.807, 2.05) is 6.92 Å². The zero-order chi connectivity index (χ0) is 19.7. The van der Waals surface area contributed by atoms with Gasteiger partial charge in [0.1, 0.15) is 6.04 Å². The summed E-state index contributed by atoms with van der Waals surface area (Å²) in [5, 5.41) is 11.5. The number of hydrogen-bond acceptors (Lipinski definition) is 3. The van der Waals surface area contributed by atoms with E-state index in [1.54, 1.807) is 24.3 Å². The van der Waals surface area contributed by atoms with Gasteiger partial charge in [-0.2, -0.15) is 0 Å². The van der Waals surface area contributed by atoms with Crippen molar-refractivity contribution in [1.29, 1.82) is 0 Å². The molecule has 0 fully saturated rings. The van der Waals surface area contributed by atoms with Crippen molar-refractivity contribution in [1.82, 2.24) is 0 Å². The lowest BCUT2D eigenvalue weighted by Crippen LogP contribution is -2.31. The molecule has 3 N–H and O–H groups in total. The van der Waals surface area contributed by atoms with Crippen LogP contribution in [0.4, 0.5) is 17.1 Å². The van der Waals surface area contributed by atoms with Gasteiger partial charge in [0.05, 0.1) is 0 Å². The number of hydrogen-bond donors (Lipinski definition) is 3. The Balaban J connectivity index is 1.47. The van der Waals surface area contributed by atoms with Crippen LogP contribution in [0.1, 0.15) is 25.0 Å². The number of amides is 2. The Kier molecular flexibility index (Phi) is 4.74. The van der Waals surface area contributed by atoms with E-state index in [9.17, 15) is 9.59 Å². The fraction of sp³-hybridized carbons (Fsp3) is 0.217. The van der Waals surface area contributed by atoms with Crippen LogP contribution in [0.25, 0.3) is 10.8 Å². The molecule has 4 rings (SSSR count). The van der Waals surface area contributed by atoms with Crippen molar-refractivity contribution in [3.63, 3.8) is 0 Å². The molecule has 1 aliphatic carbocycles. The van der Waals surface area contributed by atoms with Gasteiger partial charge in [0.25, 0.3) is 0 Å². The van der Waals surface area contributed by atoms with E-state index >= 15 is 0 Å². The molecule has 0 saturated carbocycles. The molecule has 5 heteroatoms. The number of benzene rings is 3. The topological polar surface area (TPSA) is 70.2 Å². The first-order valence-electron chi connectivity index (χ1n) is 9.50. The van der Waals surface area contributed by atoms with Crippen LogP contribution in [-0.2, 0) is 22.4 Å². The number of anilines is 3. The second-order valence-corrected chi connectivity index (χ2v) is 7.23. The van der Waals surface area contributed by atoms with Gasteiger partial charge in [-0.3, -0.25) is 9.59 Å². The summed E-state index contributed by atoms with van der Waals surface area (Å²) < 4.78 is 0. The minimum absolute atomic E-state index is 0.115. The SMILES string of the molecule is CC(=O)Nc1ccc(NC(=O)C(C)Nc2ccc3c4c(cccc24)CC3)cc1. The Morgan fingerprint density at radius 2 is 1.50 bits per heavy atom. The van der Waals surface area contributed by atoms with E-state index in [1.165, 1.54) is 28.8 Å². The summed E-state index contributed by atoms with van der Waals surface area (Å²) in [6.45, 7) is 3.31. The third-order valence-corrected chi connectivity index (χ3v) is 5.11. The molecule has 5 nitrogen and oxygen atoms in total. The summed E-state index contributed by atoms with van der Waals surface area (Å²) in [5.41, 5.74) is 5.13. The third kappa shape index (κ3) is 3.56. The highest BCUT2D eigenvalue weighted by Crippen LogP contribution is 2.35. The molecule has 3 aromatic carbocycles. The fourth-order valence-electron chi connectivity index (χ4n) is 3.76. The molecule has 0 aromatic heterocycles. The van der Waals surface area contributed by atoms with Gasteiger partial charge >= 0.3 is 0 Å². The predicted octanol–water partition coefficient (Wildman–Crippen LogP) is 4.34. The molecule has 142 valence electrons. The standard InChI is InChI=1S/C23H23N3O2/c1-14(23(28)26-19-11-9-18(10-12-19)25-15(2)27)24-21-13-8-17-7-6-16-4-3-5-20(21)22(16)17/h3-5,8-14,24H,6-7H2,1-2H3,(H,25,27)(H,26,28).